The molecule has 0 bridgehead atoms. The van der Waals surface area contributed by atoms with Crippen molar-refractivity contribution in [1.82, 2.24) is 14.6 Å². The van der Waals surface area contributed by atoms with Crippen LogP contribution in [0.2, 0.25) is 0 Å². The van der Waals surface area contributed by atoms with Gasteiger partial charge in [0.05, 0.1) is 17.3 Å². The van der Waals surface area contributed by atoms with Crippen LogP contribution < -0.4 is 14.8 Å². The Labute approximate surface area is 233 Å². The Morgan fingerprint density at radius 2 is 1.68 bits per heavy atom. The standard InChI is InChI=1S/C30H32N4O5S/c1-34(20-21-7-3-2-4-8-21)40(37,38)33-28-17-22(11-14-29(28)35)30(36)19-31-15-16-39-23-12-13-25-24-9-5-6-10-26(24)32-27(25)18-23/h2-14,17-18,30-33,35-36H,15-16,19-20H2,1H3. The number of H-pyrrole nitrogens is 1. The Bertz CT molecular complexity index is 1710. The Morgan fingerprint density at radius 1 is 0.925 bits per heavy atom. The van der Waals surface area contributed by atoms with Gasteiger partial charge in [0.25, 0.3) is 0 Å². The summed E-state index contributed by atoms with van der Waals surface area (Å²) >= 11 is 0. The van der Waals surface area contributed by atoms with Crippen molar-refractivity contribution >= 4 is 37.7 Å². The number of phenolic OH excluding ortho intramolecular Hbond substituents is 1. The van der Waals surface area contributed by atoms with Crippen molar-refractivity contribution in [2.24, 2.45) is 0 Å². The van der Waals surface area contributed by atoms with Crippen molar-refractivity contribution in [3.05, 3.63) is 102 Å². The van der Waals surface area contributed by atoms with E-state index in [-0.39, 0.29) is 24.5 Å². The predicted octanol–water partition coefficient (Wildman–Crippen LogP) is 4.52. The summed E-state index contributed by atoms with van der Waals surface area (Å²) in [7, 11) is -2.49. The van der Waals surface area contributed by atoms with E-state index < -0.39 is 16.3 Å². The number of aromatic amines is 1. The first-order chi connectivity index (χ1) is 19.3. The zero-order valence-corrected chi connectivity index (χ0v) is 22.9. The minimum atomic E-state index is -3.94. The highest BCUT2D eigenvalue weighted by Gasteiger charge is 2.20. The third-order valence-electron chi connectivity index (χ3n) is 6.67. The lowest BCUT2D eigenvalue weighted by Gasteiger charge is -2.20. The number of phenols is 1. The molecular formula is C30H32N4O5S. The smallest absolute Gasteiger partial charge is 0.301 e. The van der Waals surface area contributed by atoms with Crippen molar-refractivity contribution in [3.63, 3.8) is 0 Å². The lowest BCUT2D eigenvalue weighted by atomic mass is 10.1. The zero-order chi connectivity index (χ0) is 28.1. The second kappa shape index (κ2) is 12.0. The average Bonchev–Trinajstić information content (AvgIpc) is 3.32. The topological polar surface area (TPSA) is 127 Å². The maximum absolute atomic E-state index is 12.8. The van der Waals surface area contributed by atoms with Crippen LogP contribution >= 0.6 is 0 Å². The number of rotatable bonds is 12. The van der Waals surface area contributed by atoms with Crippen LogP contribution in [-0.4, -0.2) is 54.7 Å². The fraction of sp³-hybridized carbons (Fsp3) is 0.200. The molecule has 4 aromatic carbocycles. The van der Waals surface area contributed by atoms with E-state index in [9.17, 15) is 18.6 Å². The van der Waals surface area contributed by atoms with Gasteiger partial charge in [-0.15, -0.1) is 0 Å². The molecule has 0 aliphatic carbocycles. The number of para-hydroxylation sites is 1. The van der Waals surface area contributed by atoms with Gasteiger partial charge in [-0.25, -0.2) is 0 Å². The molecule has 0 aliphatic heterocycles. The summed E-state index contributed by atoms with van der Waals surface area (Å²) < 4.78 is 35.1. The lowest BCUT2D eigenvalue weighted by Crippen LogP contribution is -2.32. The molecule has 208 valence electrons. The molecule has 5 N–H and O–H groups in total. The number of fused-ring (bicyclic) bond motifs is 3. The number of aliphatic hydroxyl groups is 1. The van der Waals surface area contributed by atoms with Crippen LogP contribution in [0.1, 0.15) is 17.2 Å². The number of benzene rings is 4. The van der Waals surface area contributed by atoms with Gasteiger partial charge in [0.15, 0.2) is 0 Å². The largest absolute Gasteiger partial charge is 0.506 e. The molecule has 9 nitrogen and oxygen atoms in total. The molecule has 40 heavy (non-hydrogen) atoms. The number of hydrogen-bond acceptors (Lipinski definition) is 6. The van der Waals surface area contributed by atoms with E-state index in [1.54, 1.807) is 6.07 Å². The van der Waals surface area contributed by atoms with Gasteiger partial charge in [-0.3, -0.25) is 4.72 Å². The fourth-order valence-corrected chi connectivity index (χ4v) is 5.42. The van der Waals surface area contributed by atoms with Crippen molar-refractivity contribution in [2.45, 2.75) is 12.6 Å². The number of aromatic hydroxyl groups is 1. The number of aliphatic hydroxyl groups excluding tert-OH is 1. The minimum Gasteiger partial charge on any atom is -0.506 e. The number of hydrogen-bond donors (Lipinski definition) is 5. The molecule has 0 fully saturated rings. The molecule has 5 rings (SSSR count). The van der Waals surface area contributed by atoms with Gasteiger partial charge in [0, 0.05) is 49.0 Å². The van der Waals surface area contributed by atoms with Crippen LogP contribution in [0.3, 0.4) is 0 Å². The highest BCUT2D eigenvalue weighted by Crippen LogP contribution is 2.29. The van der Waals surface area contributed by atoms with Gasteiger partial charge in [-0.05, 0) is 41.5 Å². The lowest BCUT2D eigenvalue weighted by molar-refractivity contribution is 0.172. The molecule has 1 atom stereocenters. The Hall–Kier alpha value is -4.09. The molecule has 0 radical (unpaired) electrons. The van der Waals surface area contributed by atoms with Crippen LogP contribution in [0.15, 0.2) is 91.0 Å². The normalized spacial score (nSPS) is 12.7. The highest BCUT2D eigenvalue weighted by molar-refractivity contribution is 7.90. The molecule has 0 aliphatic rings. The third-order valence-corrected chi connectivity index (χ3v) is 8.09. The molecule has 1 aromatic heterocycles. The third kappa shape index (κ3) is 6.37. The molecule has 0 spiro atoms. The Balaban J connectivity index is 1.12. The maximum atomic E-state index is 12.8. The molecule has 10 heteroatoms. The molecule has 0 amide bonds. The van der Waals surface area contributed by atoms with E-state index in [2.05, 4.69) is 21.1 Å². The summed E-state index contributed by atoms with van der Waals surface area (Å²) in [5, 5.41) is 26.4. The van der Waals surface area contributed by atoms with Crippen LogP contribution in [0.5, 0.6) is 11.5 Å². The van der Waals surface area contributed by atoms with E-state index in [4.69, 9.17) is 4.74 Å². The quantitative estimate of drug-likeness (QED) is 0.113. The molecule has 1 unspecified atom stereocenters. The molecule has 5 aromatic rings. The van der Waals surface area contributed by atoms with Crippen molar-refractivity contribution in [2.75, 3.05) is 31.5 Å². The van der Waals surface area contributed by atoms with E-state index >= 15 is 0 Å². The predicted molar refractivity (Wildman–Crippen MR) is 158 cm³/mol. The summed E-state index contributed by atoms with van der Waals surface area (Å²) in [6.07, 6.45) is -0.923. The number of aromatic nitrogens is 1. The Morgan fingerprint density at radius 3 is 2.50 bits per heavy atom. The maximum Gasteiger partial charge on any atom is 0.301 e. The van der Waals surface area contributed by atoms with Crippen LogP contribution in [-0.2, 0) is 16.8 Å². The van der Waals surface area contributed by atoms with E-state index in [0.717, 1.165) is 32.0 Å². The first-order valence-corrected chi connectivity index (χ1v) is 14.4. The zero-order valence-electron chi connectivity index (χ0n) is 22.0. The second-order valence-electron chi connectivity index (χ2n) is 9.57. The van der Waals surface area contributed by atoms with Gasteiger partial charge in [0.1, 0.15) is 18.1 Å². The Kier molecular flexibility index (Phi) is 8.22. The monoisotopic (exact) mass is 560 g/mol. The van der Waals surface area contributed by atoms with Gasteiger partial charge in [-0.2, -0.15) is 12.7 Å². The fourth-order valence-electron chi connectivity index (χ4n) is 4.51. The number of nitrogens with zero attached hydrogens (tertiary/aromatic N) is 1. The van der Waals surface area contributed by atoms with Gasteiger partial charge in [0.2, 0.25) is 0 Å². The number of ether oxygens (including phenoxy) is 1. The van der Waals surface area contributed by atoms with Gasteiger partial charge >= 0.3 is 10.2 Å². The summed E-state index contributed by atoms with van der Waals surface area (Å²) in [5.74, 6) is 0.509. The van der Waals surface area contributed by atoms with Crippen molar-refractivity contribution < 1.29 is 23.4 Å². The summed E-state index contributed by atoms with van der Waals surface area (Å²) in [6.45, 7) is 1.27. The number of anilines is 1. The van der Waals surface area contributed by atoms with Crippen molar-refractivity contribution in [1.29, 1.82) is 0 Å². The summed E-state index contributed by atoms with van der Waals surface area (Å²) in [5.41, 5.74) is 3.37. The van der Waals surface area contributed by atoms with Crippen LogP contribution in [0, 0.1) is 0 Å². The molecule has 0 saturated heterocycles. The SMILES string of the molecule is CN(Cc1ccccc1)S(=O)(=O)Nc1cc(C(O)CNCCOc2ccc3c(c2)[nH]c2ccccc23)ccc1O. The van der Waals surface area contributed by atoms with E-state index in [0.29, 0.717) is 18.7 Å². The molecular weight excluding hydrogens is 528 g/mol. The van der Waals surface area contributed by atoms with Gasteiger partial charge in [-0.1, -0.05) is 54.6 Å². The number of nitrogens with one attached hydrogen (secondary N) is 3. The molecule has 0 saturated carbocycles. The highest BCUT2D eigenvalue weighted by atomic mass is 32.2. The van der Waals surface area contributed by atoms with E-state index in [1.165, 1.54) is 24.6 Å². The summed E-state index contributed by atoms with van der Waals surface area (Å²) in [6, 6.07) is 27.6. The molecule has 1 heterocycles. The van der Waals surface area contributed by atoms with Crippen LogP contribution in [0.25, 0.3) is 21.8 Å². The van der Waals surface area contributed by atoms with Gasteiger partial charge < -0.3 is 25.3 Å². The van der Waals surface area contributed by atoms with Crippen LogP contribution in [0.4, 0.5) is 5.69 Å². The van der Waals surface area contributed by atoms with Crippen molar-refractivity contribution in [3.8, 4) is 11.5 Å². The minimum absolute atomic E-state index is 0.00725. The van der Waals surface area contributed by atoms with E-state index in [1.807, 2.05) is 66.7 Å². The first kappa shape index (κ1) is 27.5. The average molecular weight is 561 g/mol. The summed E-state index contributed by atoms with van der Waals surface area (Å²) in [4.78, 5) is 3.40. The first-order valence-electron chi connectivity index (χ1n) is 12.9. The second-order valence-corrected chi connectivity index (χ2v) is 11.3.